The Hall–Kier alpha value is -2.73. The summed E-state index contributed by atoms with van der Waals surface area (Å²) < 4.78 is 22.8. The van der Waals surface area contributed by atoms with Gasteiger partial charge in [0.05, 0.1) is 10.4 Å². The number of nitrogens with zero attached hydrogens (tertiary/aromatic N) is 1. The number of amides is 1. The zero-order chi connectivity index (χ0) is 16.4. The molecule has 0 fully saturated rings. The van der Waals surface area contributed by atoms with Crippen LogP contribution in [0.15, 0.2) is 65.6 Å². The summed E-state index contributed by atoms with van der Waals surface area (Å²) in [6, 6.07) is 17.0. The van der Waals surface area contributed by atoms with Crippen molar-refractivity contribution >= 4 is 32.5 Å². The molecule has 0 aliphatic heterocycles. The fourth-order valence-electron chi connectivity index (χ4n) is 2.18. The van der Waals surface area contributed by atoms with Gasteiger partial charge in [0, 0.05) is 17.2 Å². The minimum absolute atomic E-state index is 0.179. The maximum Gasteiger partial charge on any atom is 0.256 e. The molecule has 0 saturated heterocycles. The van der Waals surface area contributed by atoms with E-state index in [1.165, 1.54) is 24.3 Å². The van der Waals surface area contributed by atoms with Gasteiger partial charge in [-0.2, -0.15) is 0 Å². The van der Waals surface area contributed by atoms with Crippen molar-refractivity contribution in [2.24, 2.45) is 0 Å². The average Bonchev–Trinajstić information content (AvgIpc) is 2.54. The Morgan fingerprint density at radius 2 is 1.65 bits per heavy atom. The third kappa shape index (κ3) is 3.37. The Bertz CT molecular complexity index is 980. The van der Waals surface area contributed by atoms with Gasteiger partial charge in [0.25, 0.3) is 5.91 Å². The molecule has 0 spiro atoms. The largest absolute Gasteiger partial charge is 0.307 e. The van der Waals surface area contributed by atoms with Crippen molar-refractivity contribution in [3.63, 3.8) is 0 Å². The fraction of sp³-hybridized carbons (Fsp3) is 0.0588. The lowest BCUT2D eigenvalue weighted by Gasteiger charge is -2.06. The van der Waals surface area contributed by atoms with Crippen LogP contribution in [0.1, 0.15) is 10.4 Å². The van der Waals surface area contributed by atoms with Gasteiger partial charge in [-0.05, 0) is 42.5 Å². The lowest BCUT2D eigenvalue weighted by Crippen LogP contribution is -2.13. The molecule has 0 bridgehead atoms. The number of nitrogens with one attached hydrogen (secondary N) is 1. The summed E-state index contributed by atoms with van der Waals surface area (Å²) >= 11 is 0. The monoisotopic (exact) mass is 326 g/mol. The smallest absolute Gasteiger partial charge is 0.256 e. The molecule has 2 aromatic carbocycles. The molecule has 116 valence electrons. The van der Waals surface area contributed by atoms with Gasteiger partial charge in [0.15, 0.2) is 9.84 Å². The minimum Gasteiger partial charge on any atom is -0.307 e. The maximum atomic E-state index is 12.2. The van der Waals surface area contributed by atoms with E-state index in [-0.39, 0.29) is 10.8 Å². The van der Waals surface area contributed by atoms with Gasteiger partial charge >= 0.3 is 0 Å². The number of pyridine rings is 1. The number of sulfone groups is 1. The fourth-order valence-corrected chi connectivity index (χ4v) is 2.81. The van der Waals surface area contributed by atoms with Crippen LogP contribution >= 0.6 is 0 Å². The van der Waals surface area contributed by atoms with Gasteiger partial charge in [-0.1, -0.05) is 18.2 Å². The summed E-state index contributed by atoms with van der Waals surface area (Å²) in [5.41, 5.74) is 1.16. The van der Waals surface area contributed by atoms with E-state index in [2.05, 4.69) is 10.3 Å². The van der Waals surface area contributed by atoms with E-state index in [4.69, 9.17) is 0 Å². The topological polar surface area (TPSA) is 76.1 Å². The first-order valence-electron chi connectivity index (χ1n) is 6.91. The van der Waals surface area contributed by atoms with Crippen LogP contribution < -0.4 is 5.32 Å². The SMILES string of the molecule is CS(=O)(=O)c1ccc(C(=O)Nc2ccc3ccccc3n2)cc1. The zero-order valence-corrected chi connectivity index (χ0v) is 13.2. The third-order valence-corrected chi connectivity index (χ3v) is 4.51. The average molecular weight is 326 g/mol. The van der Waals surface area contributed by atoms with Crippen molar-refractivity contribution in [1.29, 1.82) is 0 Å². The first-order valence-corrected chi connectivity index (χ1v) is 8.80. The molecule has 0 saturated carbocycles. The molecule has 1 heterocycles. The second kappa shape index (κ2) is 5.81. The van der Waals surface area contributed by atoms with Gasteiger partial charge in [-0.25, -0.2) is 13.4 Å². The summed E-state index contributed by atoms with van der Waals surface area (Å²) in [5.74, 6) is 0.105. The van der Waals surface area contributed by atoms with E-state index >= 15 is 0 Å². The molecular weight excluding hydrogens is 312 g/mol. The third-order valence-electron chi connectivity index (χ3n) is 3.38. The second-order valence-electron chi connectivity index (χ2n) is 5.14. The summed E-state index contributed by atoms with van der Waals surface area (Å²) in [6.45, 7) is 0. The van der Waals surface area contributed by atoms with Crippen molar-refractivity contribution in [2.45, 2.75) is 4.90 Å². The van der Waals surface area contributed by atoms with Crippen LogP contribution in [-0.2, 0) is 9.84 Å². The second-order valence-corrected chi connectivity index (χ2v) is 7.16. The standard InChI is InChI=1S/C17H14N2O3S/c1-23(21,22)14-9-6-13(7-10-14)17(20)19-16-11-8-12-4-2-3-5-15(12)18-16/h2-11H,1H3,(H,18,19,20). The molecule has 0 aliphatic rings. The normalized spacial score (nSPS) is 11.3. The first kappa shape index (κ1) is 15.2. The van der Waals surface area contributed by atoms with E-state index in [0.717, 1.165) is 17.2 Å². The Balaban J connectivity index is 1.82. The minimum atomic E-state index is -3.27. The molecular formula is C17H14N2O3S. The van der Waals surface area contributed by atoms with Crippen LogP contribution in [0.5, 0.6) is 0 Å². The maximum absolute atomic E-state index is 12.2. The molecule has 0 aliphatic carbocycles. The van der Waals surface area contributed by atoms with E-state index in [1.54, 1.807) is 6.07 Å². The Morgan fingerprint density at radius 1 is 0.957 bits per heavy atom. The molecule has 0 atom stereocenters. The highest BCUT2D eigenvalue weighted by atomic mass is 32.2. The highest BCUT2D eigenvalue weighted by molar-refractivity contribution is 7.90. The highest BCUT2D eigenvalue weighted by Gasteiger charge is 2.10. The number of rotatable bonds is 3. The van der Waals surface area contributed by atoms with E-state index in [1.807, 2.05) is 30.3 Å². The van der Waals surface area contributed by atoms with Gasteiger partial charge in [0.2, 0.25) is 0 Å². The molecule has 1 amide bonds. The molecule has 3 rings (SSSR count). The van der Waals surface area contributed by atoms with Crippen LogP contribution in [0.3, 0.4) is 0 Å². The number of para-hydroxylation sites is 1. The quantitative estimate of drug-likeness (QED) is 0.803. The lowest BCUT2D eigenvalue weighted by atomic mass is 10.2. The number of fused-ring (bicyclic) bond motifs is 1. The molecule has 0 radical (unpaired) electrons. The van der Waals surface area contributed by atoms with E-state index in [0.29, 0.717) is 11.4 Å². The molecule has 5 nitrogen and oxygen atoms in total. The molecule has 23 heavy (non-hydrogen) atoms. The van der Waals surface area contributed by atoms with Crippen LogP contribution in [-0.4, -0.2) is 25.6 Å². The zero-order valence-electron chi connectivity index (χ0n) is 12.4. The predicted octanol–water partition coefficient (Wildman–Crippen LogP) is 2.89. The van der Waals surface area contributed by atoms with Gasteiger partial charge in [-0.3, -0.25) is 4.79 Å². The Morgan fingerprint density at radius 3 is 2.35 bits per heavy atom. The van der Waals surface area contributed by atoms with Crippen molar-refractivity contribution < 1.29 is 13.2 Å². The van der Waals surface area contributed by atoms with E-state index in [9.17, 15) is 13.2 Å². The van der Waals surface area contributed by atoms with Crippen molar-refractivity contribution in [1.82, 2.24) is 4.98 Å². The highest BCUT2D eigenvalue weighted by Crippen LogP contribution is 2.16. The Labute approximate surface area is 133 Å². The number of benzene rings is 2. The number of carbonyl (C=O) groups excluding carboxylic acids is 1. The molecule has 3 aromatic rings. The molecule has 1 N–H and O–H groups in total. The summed E-state index contributed by atoms with van der Waals surface area (Å²) in [7, 11) is -3.27. The number of aromatic nitrogens is 1. The predicted molar refractivity (Wildman–Crippen MR) is 89.2 cm³/mol. The summed E-state index contributed by atoms with van der Waals surface area (Å²) in [5, 5.41) is 3.70. The number of anilines is 1. The van der Waals surface area contributed by atoms with Crippen LogP contribution in [0.2, 0.25) is 0 Å². The molecule has 0 unspecified atom stereocenters. The van der Waals surface area contributed by atoms with Crippen LogP contribution in [0.4, 0.5) is 5.82 Å². The van der Waals surface area contributed by atoms with Crippen molar-refractivity contribution in [3.05, 3.63) is 66.2 Å². The van der Waals surface area contributed by atoms with Gasteiger partial charge in [-0.15, -0.1) is 0 Å². The summed E-state index contributed by atoms with van der Waals surface area (Å²) in [6.07, 6.45) is 1.13. The van der Waals surface area contributed by atoms with Crippen LogP contribution in [0.25, 0.3) is 10.9 Å². The van der Waals surface area contributed by atoms with Gasteiger partial charge < -0.3 is 5.32 Å². The van der Waals surface area contributed by atoms with Crippen molar-refractivity contribution in [2.75, 3.05) is 11.6 Å². The van der Waals surface area contributed by atoms with Crippen LogP contribution in [0, 0.1) is 0 Å². The molecule has 1 aromatic heterocycles. The first-order chi connectivity index (χ1) is 10.9. The lowest BCUT2D eigenvalue weighted by molar-refractivity contribution is 0.102. The number of carbonyl (C=O) groups is 1. The van der Waals surface area contributed by atoms with Crippen molar-refractivity contribution in [3.8, 4) is 0 Å². The van der Waals surface area contributed by atoms with Gasteiger partial charge in [0.1, 0.15) is 5.82 Å². The summed E-state index contributed by atoms with van der Waals surface area (Å²) in [4.78, 5) is 16.8. The molecule has 6 heteroatoms. The number of hydrogen-bond donors (Lipinski definition) is 1. The van der Waals surface area contributed by atoms with E-state index < -0.39 is 9.84 Å². The Kier molecular flexibility index (Phi) is 3.83. The number of hydrogen-bond acceptors (Lipinski definition) is 4.